The van der Waals surface area contributed by atoms with Crippen LogP contribution in [0.1, 0.15) is 20.8 Å². The first-order valence-corrected chi connectivity index (χ1v) is 4.90. The SMILES string of the molecule is CCOCCN(C)CC(C)(C)C(=O)O. The minimum Gasteiger partial charge on any atom is -0.481 e. The first-order valence-electron chi connectivity index (χ1n) is 4.90. The Labute approximate surface area is 85.9 Å². The molecule has 0 atom stereocenters. The summed E-state index contributed by atoms with van der Waals surface area (Å²) in [5.41, 5.74) is -0.693. The van der Waals surface area contributed by atoms with Gasteiger partial charge in [-0.1, -0.05) is 0 Å². The van der Waals surface area contributed by atoms with Gasteiger partial charge < -0.3 is 14.7 Å². The van der Waals surface area contributed by atoms with Crippen LogP contribution in [0.5, 0.6) is 0 Å². The van der Waals surface area contributed by atoms with Crippen molar-refractivity contribution >= 4 is 5.97 Å². The topological polar surface area (TPSA) is 49.8 Å². The molecule has 0 saturated heterocycles. The van der Waals surface area contributed by atoms with E-state index in [1.807, 2.05) is 18.9 Å². The number of aliphatic carboxylic acids is 1. The van der Waals surface area contributed by atoms with Crippen LogP contribution in [0.15, 0.2) is 0 Å². The normalized spacial score (nSPS) is 12.1. The lowest BCUT2D eigenvalue weighted by molar-refractivity contribution is -0.147. The molecule has 0 amide bonds. The predicted molar refractivity (Wildman–Crippen MR) is 55.4 cm³/mol. The molecule has 1 N–H and O–H groups in total. The van der Waals surface area contributed by atoms with Crippen LogP contribution in [-0.2, 0) is 9.53 Å². The van der Waals surface area contributed by atoms with E-state index < -0.39 is 11.4 Å². The number of rotatable bonds is 7. The fourth-order valence-electron chi connectivity index (χ4n) is 1.19. The number of carboxylic acids is 1. The maximum Gasteiger partial charge on any atom is 0.310 e. The lowest BCUT2D eigenvalue weighted by Gasteiger charge is -2.26. The van der Waals surface area contributed by atoms with Gasteiger partial charge in [-0.05, 0) is 27.8 Å². The molecule has 0 fully saturated rings. The van der Waals surface area contributed by atoms with Gasteiger partial charge >= 0.3 is 5.97 Å². The van der Waals surface area contributed by atoms with E-state index in [0.717, 1.165) is 6.54 Å². The minimum atomic E-state index is -0.763. The Kier molecular flexibility index (Phi) is 5.72. The van der Waals surface area contributed by atoms with Gasteiger partial charge in [0, 0.05) is 19.7 Å². The summed E-state index contributed by atoms with van der Waals surface area (Å²) in [5, 5.41) is 8.90. The number of carboxylic acid groups (broad SMARTS) is 1. The summed E-state index contributed by atoms with van der Waals surface area (Å²) in [4.78, 5) is 12.8. The number of likely N-dealkylation sites (N-methyl/N-ethyl adjacent to an activating group) is 1. The highest BCUT2D eigenvalue weighted by Gasteiger charge is 2.28. The molecule has 0 aromatic carbocycles. The van der Waals surface area contributed by atoms with E-state index in [1.54, 1.807) is 13.8 Å². The summed E-state index contributed by atoms with van der Waals surface area (Å²) >= 11 is 0. The second kappa shape index (κ2) is 5.98. The zero-order valence-electron chi connectivity index (χ0n) is 9.54. The monoisotopic (exact) mass is 203 g/mol. The maximum absolute atomic E-state index is 10.8. The molecule has 0 heterocycles. The lowest BCUT2D eigenvalue weighted by Crippen LogP contribution is -2.38. The zero-order chi connectivity index (χ0) is 11.2. The second-order valence-electron chi connectivity index (χ2n) is 4.12. The first kappa shape index (κ1) is 13.4. The van der Waals surface area contributed by atoms with Gasteiger partial charge in [0.25, 0.3) is 0 Å². The zero-order valence-corrected chi connectivity index (χ0v) is 9.54. The molecule has 0 spiro atoms. The van der Waals surface area contributed by atoms with Crippen LogP contribution in [0.25, 0.3) is 0 Å². The van der Waals surface area contributed by atoms with Gasteiger partial charge in [0.05, 0.1) is 12.0 Å². The summed E-state index contributed by atoms with van der Waals surface area (Å²) in [6, 6.07) is 0. The summed E-state index contributed by atoms with van der Waals surface area (Å²) in [6.45, 7) is 8.07. The van der Waals surface area contributed by atoms with Gasteiger partial charge in [-0.3, -0.25) is 4.79 Å². The maximum atomic E-state index is 10.8. The highest BCUT2D eigenvalue weighted by Crippen LogP contribution is 2.15. The van der Waals surface area contributed by atoms with Gasteiger partial charge in [0.1, 0.15) is 0 Å². The number of ether oxygens (including phenoxy) is 1. The average Bonchev–Trinajstić information content (AvgIpc) is 2.03. The Hall–Kier alpha value is -0.610. The van der Waals surface area contributed by atoms with Crippen molar-refractivity contribution in [1.82, 2.24) is 4.90 Å². The van der Waals surface area contributed by atoms with Gasteiger partial charge in [-0.25, -0.2) is 0 Å². The van der Waals surface area contributed by atoms with Crippen LogP contribution >= 0.6 is 0 Å². The molecular formula is C10H21NO3. The lowest BCUT2D eigenvalue weighted by atomic mass is 9.93. The van der Waals surface area contributed by atoms with E-state index in [-0.39, 0.29) is 0 Å². The van der Waals surface area contributed by atoms with Crippen molar-refractivity contribution in [2.24, 2.45) is 5.41 Å². The Balaban J connectivity index is 3.81. The van der Waals surface area contributed by atoms with E-state index in [1.165, 1.54) is 0 Å². The van der Waals surface area contributed by atoms with Gasteiger partial charge in [-0.15, -0.1) is 0 Å². The highest BCUT2D eigenvalue weighted by atomic mass is 16.5. The molecule has 0 aromatic heterocycles. The number of carbonyl (C=O) groups is 1. The molecule has 0 aliphatic heterocycles. The molecule has 0 unspecified atom stereocenters. The van der Waals surface area contributed by atoms with Crippen LogP contribution < -0.4 is 0 Å². The van der Waals surface area contributed by atoms with Crippen LogP contribution in [-0.4, -0.2) is 49.3 Å². The highest BCUT2D eigenvalue weighted by molar-refractivity contribution is 5.73. The molecule has 0 aliphatic rings. The third-order valence-electron chi connectivity index (χ3n) is 2.07. The Morgan fingerprint density at radius 2 is 2.07 bits per heavy atom. The Bertz CT molecular complexity index is 180. The van der Waals surface area contributed by atoms with Crippen molar-refractivity contribution < 1.29 is 14.6 Å². The van der Waals surface area contributed by atoms with Crippen molar-refractivity contribution in [3.63, 3.8) is 0 Å². The Morgan fingerprint density at radius 1 is 1.50 bits per heavy atom. The largest absolute Gasteiger partial charge is 0.481 e. The molecule has 14 heavy (non-hydrogen) atoms. The van der Waals surface area contributed by atoms with E-state index in [9.17, 15) is 4.79 Å². The predicted octanol–water partition coefficient (Wildman–Crippen LogP) is 1.07. The van der Waals surface area contributed by atoms with E-state index in [4.69, 9.17) is 9.84 Å². The number of nitrogens with zero attached hydrogens (tertiary/aromatic N) is 1. The van der Waals surface area contributed by atoms with Crippen molar-refractivity contribution in [3.8, 4) is 0 Å². The molecule has 84 valence electrons. The van der Waals surface area contributed by atoms with E-state index >= 15 is 0 Å². The fourth-order valence-corrected chi connectivity index (χ4v) is 1.19. The van der Waals surface area contributed by atoms with Crippen LogP contribution in [0.4, 0.5) is 0 Å². The molecule has 0 bridgehead atoms. The van der Waals surface area contributed by atoms with Gasteiger partial charge in [0.15, 0.2) is 0 Å². The molecule has 4 heteroatoms. The smallest absolute Gasteiger partial charge is 0.310 e. The second-order valence-corrected chi connectivity index (χ2v) is 4.12. The molecule has 4 nitrogen and oxygen atoms in total. The standard InChI is InChI=1S/C10H21NO3/c1-5-14-7-6-11(4)8-10(2,3)9(12)13/h5-8H2,1-4H3,(H,12,13). The van der Waals surface area contributed by atoms with Crippen LogP contribution in [0.2, 0.25) is 0 Å². The summed E-state index contributed by atoms with van der Waals surface area (Å²) in [7, 11) is 1.91. The summed E-state index contributed by atoms with van der Waals surface area (Å²) in [5.74, 6) is -0.763. The third-order valence-corrected chi connectivity index (χ3v) is 2.07. The molecule has 0 rings (SSSR count). The number of hydrogen-bond acceptors (Lipinski definition) is 3. The van der Waals surface area contributed by atoms with Crippen LogP contribution in [0, 0.1) is 5.41 Å². The third kappa shape index (κ3) is 5.19. The Morgan fingerprint density at radius 3 is 2.50 bits per heavy atom. The molecule has 0 aliphatic carbocycles. The first-order chi connectivity index (χ1) is 6.40. The summed E-state index contributed by atoms with van der Waals surface area (Å²) < 4.78 is 5.19. The minimum absolute atomic E-state index is 0.537. The van der Waals surface area contributed by atoms with E-state index in [0.29, 0.717) is 19.8 Å². The fraction of sp³-hybridized carbons (Fsp3) is 0.900. The van der Waals surface area contributed by atoms with Crippen molar-refractivity contribution in [2.45, 2.75) is 20.8 Å². The summed E-state index contributed by atoms with van der Waals surface area (Å²) in [6.07, 6.45) is 0. The van der Waals surface area contributed by atoms with Crippen molar-refractivity contribution in [1.29, 1.82) is 0 Å². The van der Waals surface area contributed by atoms with Crippen LogP contribution in [0.3, 0.4) is 0 Å². The van der Waals surface area contributed by atoms with Gasteiger partial charge in [-0.2, -0.15) is 0 Å². The molecule has 0 radical (unpaired) electrons. The average molecular weight is 203 g/mol. The quantitative estimate of drug-likeness (QED) is 0.629. The molecular weight excluding hydrogens is 182 g/mol. The van der Waals surface area contributed by atoms with Gasteiger partial charge in [0.2, 0.25) is 0 Å². The molecule has 0 aromatic rings. The van der Waals surface area contributed by atoms with E-state index in [2.05, 4.69) is 0 Å². The van der Waals surface area contributed by atoms with Crippen molar-refractivity contribution in [2.75, 3.05) is 33.4 Å². The van der Waals surface area contributed by atoms with Crippen molar-refractivity contribution in [3.05, 3.63) is 0 Å². The molecule has 0 saturated carbocycles. The number of hydrogen-bond donors (Lipinski definition) is 1.